The SMILES string of the molecule is CNC(=O)[C@@H]1[C@@H]2CC(C)C3(S2)C(C(=O)NCc2ccccc2)N(CCCCO)C(=O)[C@H]13. The third-order valence-corrected chi connectivity index (χ3v) is 9.24. The summed E-state index contributed by atoms with van der Waals surface area (Å²) in [5, 5.41) is 15.1. The van der Waals surface area contributed by atoms with Gasteiger partial charge in [-0.05, 0) is 30.7 Å². The van der Waals surface area contributed by atoms with Crippen molar-refractivity contribution in [2.75, 3.05) is 20.2 Å². The Balaban J connectivity index is 1.65. The fraction of sp³-hybridized carbons (Fsp3) is 0.609. The zero-order valence-electron chi connectivity index (χ0n) is 18.0. The standard InChI is InChI=1S/C23H31N3O4S/c1-14-12-16-17(20(28)24-2)18-22(30)26(10-6-7-11-27)19(23(14,18)31-16)21(29)25-13-15-8-4-3-5-9-15/h3-5,8-9,14,16-19,27H,6-7,10-13H2,1-2H3,(H,24,28)(H,25,29)/t14?,16-,17+,18-,19?,23?/m0/s1. The van der Waals surface area contributed by atoms with Crippen LogP contribution in [0.5, 0.6) is 0 Å². The molecule has 168 valence electrons. The van der Waals surface area contributed by atoms with Crippen LogP contribution in [0.2, 0.25) is 0 Å². The lowest BCUT2D eigenvalue weighted by Gasteiger charge is -2.38. The minimum Gasteiger partial charge on any atom is -0.396 e. The van der Waals surface area contributed by atoms with Crippen molar-refractivity contribution < 1.29 is 19.5 Å². The lowest BCUT2D eigenvalue weighted by atomic mass is 9.66. The molecule has 3 heterocycles. The van der Waals surface area contributed by atoms with Gasteiger partial charge < -0.3 is 20.6 Å². The molecule has 3 fully saturated rings. The molecule has 8 heteroatoms. The summed E-state index contributed by atoms with van der Waals surface area (Å²) in [6.45, 7) is 2.98. The molecule has 2 bridgehead atoms. The largest absolute Gasteiger partial charge is 0.396 e. The summed E-state index contributed by atoms with van der Waals surface area (Å²) < 4.78 is -0.584. The highest BCUT2D eigenvalue weighted by atomic mass is 32.2. The Hall–Kier alpha value is -2.06. The number of rotatable bonds is 8. The summed E-state index contributed by atoms with van der Waals surface area (Å²) in [5.74, 6) is -1.06. The summed E-state index contributed by atoms with van der Waals surface area (Å²) in [4.78, 5) is 41.6. The topological polar surface area (TPSA) is 98.7 Å². The number of thioether (sulfide) groups is 1. The number of unbranched alkanes of at least 4 members (excludes halogenated alkanes) is 1. The maximum absolute atomic E-state index is 13.6. The van der Waals surface area contributed by atoms with Gasteiger partial charge in [0.15, 0.2) is 0 Å². The third-order valence-electron chi connectivity index (χ3n) is 7.16. The van der Waals surface area contributed by atoms with Crippen molar-refractivity contribution in [1.29, 1.82) is 0 Å². The summed E-state index contributed by atoms with van der Waals surface area (Å²) >= 11 is 1.68. The maximum atomic E-state index is 13.6. The summed E-state index contributed by atoms with van der Waals surface area (Å²) in [7, 11) is 1.61. The number of nitrogens with one attached hydrogen (secondary N) is 2. The van der Waals surface area contributed by atoms with Crippen LogP contribution in [0.4, 0.5) is 0 Å². The summed E-state index contributed by atoms with van der Waals surface area (Å²) in [6.07, 6.45) is 2.03. The molecule has 4 rings (SSSR count). The van der Waals surface area contributed by atoms with Crippen molar-refractivity contribution in [2.45, 2.75) is 48.8 Å². The van der Waals surface area contributed by atoms with Gasteiger partial charge >= 0.3 is 0 Å². The van der Waals surface area contributed by atoms with Crippen LogP contribution in [-0.4, -0.2) is 64.0 Å². The van der Waals surface area contributed by atoms with Crippen LogP contribution in [0.15, 0.2) is 30.3 Å². The first kappa shape index (κ1) is 22.1. The monoisotopic (exact) mass is 445 g/mol. The second-order valence-corrected chi connectivity index (χ2v) is 10.4. The second-order valence-electron chi connectivity index (χ2n) is 8.83. The Morgan fingerprint density at radius 3 is 2.65 bits per heavy atom. The Labute approximate surface area is 187 Å². The first-order chi connectivity index (χ1) is 15.0. The summed E-state index contributed by atoms with van der Waals surface area (Å²) in [5.41, 5.74) is 1.00. The van der Waals surface area contributed by atoms with Crippen LogP contribution < -0.4 is 10.6 Å². The quantitative estimate of drug-likeness (QED) is 0.522. The van der Waals surface area contributed by atoms with Gasteiger partial charge in [-0.3, -0.25) is 14.4 Å². The Bertz CT molecular complexity index is 850. The number of carbonyl (C=O) groups is 3. The molecule has 3 aliphatic heterocycles. The number of hydrogen-bond acceptors (Lipinski definition) is 5. The van der Waals surface area contributed by atoms with Gasteiger partial charge in [0, 0.05) is 32.0 Å². The van der Waals surface area contributed by atoms with E-state index >= 15 is 0 Å². The van der Waals surface area contributed by atoms with Gasteiger partial charge in [0.05, 0.1) is 16.6 Å². The third kappa shape index (κ3) is 3.53. The Morgan fingerprint density at radius 1 is 1.23 bits per heavy atom. The van der Waals surface area contributed by atoms with Crippen LogP contribution in [-0.2, 0) is 20.9 Å². The molecular weight excluding hydrogens is 414 g/mol. The molecule has 3 aliphatic rings. The lowest BCUT2D eigenvalue weighted by molar-refractivity contribution is -0.140. The van der Waals surface area contributed by atoms with E-state index in [9.17, 15) is 19.5 Å². The van der Waals surface area contributed by atoms with Crippen molar-refractivity contribution >= 4 is 29.5 Å². The number of carbonyl (C=O) groups excluding carboxylic acids is 3. The lowest BCUT2D eigenvalue weighted by Crippen LogP contribution is -2.56. The van der Waals surface area contributed by atoms with Crippen molar-refractivity contribution in [3.63, 3.8) is 0 Å². The number of aliphatic hydroxyl groups is 1. The maximum Gasteiger partial charge on any atom is 0.244 e. The molecule has 1 aromatic carbocycles. The van der Waals surface area contributed by atoms with Crippen LogP contribution in [0.1, 0.15) is 31.7 Å². The minimum atomic E-state index is -0.605. The molecule has 3 amide bonds. The minimum absolute atomic E-state index is 0.0512. The molecule has 6 atom stereocenters. The number of nitrogens with zero attached hydrogens (tertiary/aromatic N) is 1. The van der Waals surface area contributed by atoms with E-state index in [2.05, 4.69) is 17.6 Å². The van der Waals surface area contributed by atoms with E-state index in [1.807, 2.05) is 30.3 Å². The van der Waals surface area contributed by atoms with Gasteiger partial charge in [-0.1, -0.05) is 37.3 Å². The fourth-order valence-corrected chi connectivity index (χ4v) is 8.22. The van der Waals surface area contributed by atoms with E-state index in [4.69, 9.17) is 0 Å². The Kier molecular flexibility index (Phi) is 6.30. The average molecular weight is 446 g/mol. The highest BCUT2D eigenvalue weighted by molar-refractivity contribution is 8.02. The number of likely N-dealkylation sites (tertiary alicyclic amines) is 1. The highest BCUT2D eigenvalue weighted by Crippen LogP contribution is 2.68. The number of amides is 3. The van der Waals surface area contributed by atoms with Gasteiger partial charge in [-0.2, -0.15) is 0 Å². The van der Waals surface area contributed by atoms with E-state index in [1.165, 1.54) is 0 Å². The average Bonchev–Trinajstić information content (AvgIpc) is 3.36. The molecule has 3 unspecified atom stereocenters. The number of benzene rings is 1. The Morgan fingerprint density at radius 2 is 1.97 bits per heavy atom. The van der Waals surface area contributed by atoms with Crippen LogP contribution in [0.25, 0.3) is 0 Å². The van der Waals surface area contributed by atoms with Gasteiger partial charge in [-0.25, -0.2) is 0 Å². The molecule has 1 aromatic rings. The predicted octanol–water partition coefficient (Wildman–Crippen LogP) is 1.16. The predicted molar refractivity (Wildman–Crippen MR) is 119 cm³/mol. The van der Waals surface area contributed by atoms with E-state index in [0.29, 0.717) is 25.9 Å². The van der Waals surface area contributed by atoms with E-state index < -0.39 is 22.6 Å². The van der Waals surface area contributed by atoms with Gasteiger partial charge in [-0.15, -0.1) is 11.8 Å². The van der Waals surface area contributed by atoms with Crippen molar-refractivity contribution in [1.82, 2.24) is 15.5 Å². The first-order valence-electron chi connectivity index (χ1n) is 11.1. The molecule has 0 radical (unpaired) electrons. The van der Waals surface area contributed by atoms with E-state index in [-0.39, 0.29) is 35.5 Å². The van der Waals surface area contributed by atoms with E-state index in [1.54, 1.807) is 23.7 Å². The smallest absolute Gasteiger partial charge is 0.244 e. The molecule has 0 aromatic heterocycles. The normalized spacial score (nSPS) is 33.5. The number of hydrogen-bond donors (Lipinski definition) is 3. The van der Waals surface area contributed by atoms with Crippen LogP contribution in [0, 0.1) is 17.8 Å². The van der Waals surface area contributed by atoms with Gasteiger partial charge in [0.2, 0.25) is 17.7 Å². The number of fused-ring (bicyclic) bond motifs is 1. The van der Waals surface area contributed by atoms with Crippen LogP contribution >= 0.6 is 11.8 Å². The second kappa shape index (κ2) is 8.82. The summed E-state index contributed by atoms with van der Waals surface area (Å²) in [6, 6.07) is 9.11. The fourth-order valence-electron chi connectivity index (χ4n) is 5.80. The van der Waals surface area contributed by atoms with Crippen molar-refractivity contribution in [2.24, 2.45) is 17.8 Å². The van der Waals surface area contributed by atoms with E-state index in [0.717, 1.165) is 12.0 Å². The molecule has 0 aliphatic carbocycles. The molecule has 3 saturated heterocycles. The van der Waals surface area contributed by atoms with Gasteiger partial charge in [0.1, 0.15) is 6.04 Å². The van der Waals surface area contributed by atoms with Crippen molar-refractivity contribution in [3.8, 4) is 0 Å². The molecule has 7 nitrogen and oxygen atoms in total. The first-order valence-corrected chi connectivity index (χ1v) is 12.0. The zero-order valence-corrected chi connectivity index (χ0v) is 18.9. The molecule has 1 spiro atoms. The zero-order chi connectivity index (χ0) is 22.2. The van der Waals surface area contributed by atoms with Crippen molar-refractivity contribution in [3.05, 3.63) is 35.9 Å². The molecular formula is C23H31N3O4S. The van der Waals surface area contributed by atoms with Gasteiger partial charge in [0.25, 0.3) is 0 Å². The molecule has 31 heavy (non-hydrogen) atoms. The number of aliphatic hydroxyl groups excluding tert-OH is 1. The molecule has 0 saturated carbocycles. The van der Waals surface area contributed by atoms with Crippen LogP contribution in [0.3, 0.4) is 0 Å². The molecule has 3 N–H and O–H groups in total. The highest BCUT2D eigenvalue weighted by Gasteiger charge is 2.75.